The lowest BCUT2D eigenvalue weighted by Crippen LogP contribution is -2.23. The molecule has 0 bridgehead atoms. The molecule has 1 N–H and O–H groups in total. The molecule has 2 aromatic carbocycles. The summed E-state index contributed by atoms with van der Waals surface area (Å²) in [4.78, 5) is 39.5. The van der Waals surface area contributed by atoms with Crippen LogP contribution >= 0.6 is 23.1 Å². The van der Waals surface area contributed by atoms with E-state index in [1.807, 2.05) is 54.8 Å². The topological polar surface area (TPSA) is 89.8 Å². The number of carbonyl (C=O) groups excluding carboxylic acids is 1. The van der Waals surface area contributed by atoms with Crippen LogP contribution in [0.1, 0.15) is 5.56 Å². The standard InChI is InChI=1S/C25H19N5O2S2/c1-16-11-12-21(26-13-16)30-23(32)18-9-5-6-10-19(18)28-25(30)34-15-22(31)29-24-27-20(14-33-24)17-7-3-2-4-8-17/h2-14H,15H2,1H3,(H,27,29,31). The first-order chi connectivity index (χ1) is 16.6. The van der Waals surface area contributed by atoms with Crippen LogP contribution < -0.4 is 10.9 Å². The van der Waals surface area contributed by atoms with Crippen LogP contribution in [0, 0.1) is 6.92 Å². The zero-order valence-electron chi connectivity index (χ0n) is 18.1. The molecule has 0 spiro atoms. The van der Waals surface area contributed by atoms with Crippen molar-refractivity contribution in [1.82, 2.24) is 19.5 Å². The number of nitrogens with zero attached hydrogens (tertiary/aromatic N) is 4. The van der Waals surface area contributed by atoms with Crippen LogP contribution in [-0.4, -0.2) is 31.2 Å². The number of fused-ring (bicyclic) bond motifs is 1. The Kier molecular flexibility index (Phi) is 6.20. The minimum absolute atomic E-state index is 0.0664. The second-order valence-electron chi connectivity index (χ2n) is 7.49. The van der Waals surface area contributed by atoms with Crippen molar-refractivity contribution in [2.45, 2.75) is 12.1 Å². The Hall–Kier alpha value is -3.82. The van der Waals surface area contributed by atoms with Crippen LogP contribution in [0.3, 0.4) is 0 Å². The van der Waals surface area contributed by atoms with Gasteiger partial charge in [0, 0.05) is 17.1 Å². The van der Waals surface area contributed by atoms with Gasteiger partial charge in [-0.25, -0.2) is 19.5 Å². The second-order valence-corrected chi connectivity index (χ2v) is 9.29. The molecule has 0 radical (unpaired) electrons. The summed E-state index contributed by atoms with van der Waals surface area (Å²) in [5.41, 5.74) is 3.13. The zero-order valence-corrected chi connectivity index (χ0v) is 19.8. The molecule has 3 heterocycles. The maximum Gasteiger partial charge on any atom is 0.267 e. The number of hydrogen-bond acceptors (Lipinski definition) is 7. The average molecular weight is 486 g/mol. The Balaban J connectivity index is 1.39. The molecular formula is C25H19N5O2S2. The highest BCUT2D eigenvalue weighted by Crippen LogP contribution is 2.25. The molecule has 0 fully saturated rings. The van der Waals surface area contributed by atoms with Crippen LogP contribution in [0.15, 0.2) is 88.3 Å². The fraction of sp³-hybridized carbons (Fsp3) is 0.0800. The van der Waals surface area contributed by atoms with Crippen molar-refractivity contribution < 1.29 is 4.79 Å². The van der Waals surface area contributed by atoms with Gasteiger partial charge in [0.25, 0.3) is 5.56 Å². The van der Waals surface area contributed by atoms with Gasteiger partial charge < -0.3 is 5.32 Å². The predicted molar refractivity (Wildman–Crippen MR) is 137 cm³/mol. The molecule has 0 atom stereocenters. The normalized spacial score (nSPS) is 11.0. The quantitative estimate of drug-likeness (QED) is 0.271. The number of aromatic nitrogens is 4. The van der Waals surface area contributed by atoms with E-state index in [0.717, 1.165) is 16.8 Å². The summed E-state index contributed by atoms with van der Waals surface area (Å²) in [6.45, 7) is 1.93. The van der Waals surface area contributed by atoms with Crippen molar-refractivity contribution in [2.75, 3.05) is 11.1 Å². The van der Waals surface area contributed by atoms with Gasteiger partial charge in [0.1, 0.15) is 5.82 Å². The summed E-state index contributed by atoms with van der Waals surface area (Å²) in [5, 5.41) is 6.16. The number of carbonyl (C=O) groups is 1. The maximum absolute atomic E-state index is 13.3. The Bertz CT molecular complexity index is 1530. The number of benzene rings is 2. The number of aryl methyl sites for hydroxylation is 1. The Labute approximate surface area is 203 Å². The van der Waals surface area contributed by atoms with Crippen molar-refractivity contribution in [1.29, 1.82) is 0 Å². The number of thiazole rings is 1. The summed E-state index contributed by atoms with van der Waals surface area (Å²) < 4.78 is 1.45. The Morgan fingerprint density at radius 3 is 2.62 bits per heavy atom. The number of thioether (sulfide) groups is 1. The summed E-state index contributed by atoms with van der Waals surface area (Å²) in [6, 6.07) is 20.6. The maximum atomic E-state index is 13.3. The molecule has 7 nitrogen and oxygen atoms in total. The van der Waals surface area contributed by atoms with Crippen molar-refractivity contribution in [3.63, 3.8) is 0 Å². The first-order valence-electron chi connectivity index (χ1n) is 10.5. The van der Waals surface area contributed by atoms with Crippen molar-refractivity contribution in [3.05, 3.63) is 94.2 Å². The molecule has 0 saturated heterocycles. The number of pyridine rings is 1. The highest BCUT2D eigenvalue weighted by Gasteiger charge is 2.16. The summed E-state index contributed by atoms with van der Waals surface area (Å²) in [7, 11) is 0. The van der Waals surface area contributed by atoms with Gasteiger partial charge in [0.2, 0.25) is 5.91 Å². The molecule has 5 rings (SSSR count). The molecule has 34 heavy (non-hydrogen) atoms. The molecule has 0 aliphatic carbocycles. The molecule has 1 amide bonds. The van der Waals surface area contributed by atoms with Crippen LogP contribution in [0.5, 0.6) is 0 Å². The van der Waals surface area contributed by atoms with Gasteiger partial charge in [-0.1, -0.05) is 60.3 Å². The van der Waals surface area contributed by atoms with Crippen LogP contribution in [0.25, 0.3) is 28.0 Å². The third kappa shape index (κ3) is 4.61. The Morgan fingerprint density at radius 2 is 1.82 bits per heavy atom. The number of hydrogen-bond donors (Lipinski definition) is 1. The lowest BCUT2D eigenvalue weighted by atomic mass is 10.2. The van der Waals surface area contributed by atoms with E-state index in [0.29, 0.717) is 27.0 Å². The van der Waals surface area contributed by atoms with Crippen molar-refractivity contribution in [3.8, 4) is 17.1 Å². The molecule has 0 saturated carbocycles. The van der Waals surface area contributed by atoms with E-state index in [2.05, 4.69) is 20.3 Å². The van der Waals surface area contributed by atoms with Gasteiger partial charge in [-0.2, -0.15) is 0 Å². The molecule has 0 aliphatic heterocycles. The van der Waals surface area contributed by atoms with Gasteiger partial charge in [0.05, 0.1) is 22.3 Å². The number of nitrogens with one attached hydrogen (secondary N) is 1. The summed E-state index contributed by atoms with van der Waals surface area (Å²) in [5.74, 6) is 0.297. The lowest BCUT2D eigenvalue weighted by Gasteiger charge is -2.12. The highest BCUT2D eigenvalue weighted by atomic mass is 32.2. The minimum atomic E-state index is -0.232. The predicted octanol–water partition coefficient (Wildman–Crippen LogP) is 4.94. The smallest absolute Gasteiger partial charge is 0.267 e. The summed E-state index contributed by atoms with van der Waals surface area (Å²) >= 11 is 2.55. The van der Waals surface area contributed by atoms with E-state index < -0.39 is 0 Å². The number of para-hydroxylation sites is 1. The molecular weight excluding hydrogens is 466 g/mol. The van der Waals surface area contributed by atoms with Gasteiger partial charge >= 0.3 is 0 Å². The van der Waals surface area contributed by atoms with Crippen LogP contribution in [0.4, 0.5) is 5.13 Å². The molecule has 0 unspecified atom stereocenters. The molecule has 5 aromatic rings. The average Bonchev–Trinajstić information content (AvgIpc) is 3.33. The SMILES string of the molecule is Cc1ccc(-n2c(SCC(=O)Nc3nc(-c4ccccc4)cs3)nc3ccccc3c2=O)nc1. The highest BCUT2D eigenvalue weighted by molar-refractivity contribution is 7.99. The van der Waals surface area contributed by atoms with Gasteiger partial charge in [0.15, 0.2) is 10.3 Å². The fourth-order valence-corrected chi connectivity index (χ4v) is 4.90. The third-order valence-corrected chi connectivity index (χ3v) is 6.72. The first kappa shape index (κ1) is 22.0. The fourth-order valence-electron chi connectivity index (χ4n) is 3.36. The van der Waals surface area contributed by atoms with E-state index in [9.17, 15) is 9.59 Å². The monoisotopic (exact) mass is 485 g/mol. The van der Waals surface area contributed by atoms with Crippen LogP contribution in [-0.2, 0) is 4.79 Å². The van der Waals surface area contributed by atoms with E-state index in [4.69, 9.17) is 0 Å². The lowest BCUT2D eigenvalue weighted by molar-refractivity contribution is -0.113. The summed E-state index contributed by atoms with van der Waals surface area (Å²) in [6.07, 6.45) is 1.70. The molecule has 168 valence electrons. The van der Waals surface area contributed by atoms with E-state index in [-0.39, 0.29) is 17.2 Å². The third-order valence-electron chi connectivity index (χ3n) is 5.02. The largest absolute Gasteiger partial charge is 0.301 e. The van der Waals surface area contributed by atoms with E-state index >= 15 is 0 Å². The van der Waals surface area contributed by atoms with Crippen LogP contribution in [0.2, 0.25) is 0 Å². The number of rotatable bonds is 6. The number of anilines is 1. The minimum Gasteiger partial charge on any atom is -0.301 e. The number of amides is 1. The molecule has 0 aliphatic rings. The van der Waals surface area contributed by atoms with Crippen molar-refractivity contribution >= 4 is 45.0 Å². The van der Waals surface area contributed by atoms with E-state index in [1.54, 1.807) is 30.5 Å². The van der Waals surface area contributed by atoms with Gasteiger partial charge in [-0.3, -0.25) is 9.59 Å². The van der Waals surface area contributed by atoms with Crippen molar-refractivity contribution in [2.24, 2.45) is 0 Å². The zero-order chi connectivity index (χ0) is 23.5. The first-order valence-corrected chi connectivity index (χ1v) is 12.3. The molecule has 9 heteroatoms. The van der Waals surface area contributed by atoms with Gasteiger partial charge in [-0.15, -0.1) is 11.3 Å². The molecule has 3 aromatic heterocycles. The Morgan fingerprint density at radius 1 is 1.03 bits per heavy atom. The van der Waals surface area contributed by atoms with E-state index in [1.165, 1.54) is 27.7 Å². The second kappa shape index (κ2) is 9.58. The van der Waals surface area contributed by atoms with Gasteiger partial charge in [-0.05, 0) is 30.7 Å².